The van der Waals surface area contributed by atoms with Gasteiger partial charge in [0.1, 0.15) is 17.2 Å². The van der Waals surface area contributed by atoms with Crippen LogP contribution in [0.3, 0.4) is 0 Å². The van der Waals surface area contributed by atoms with Crippen molar-refractivity contribution in [3.63, 3.8) is 0 Å². The predicted octanol–water partition coefficient (Wildman–Crippen LogP) is 7.99. The van der Waals surface area contributed by atoms with E-state index in [4.69, 9.17) is 14.2 Å². The molecule has 0 aliphatic rings. The van der Waals surface area contributed by atoms with Crippen LogP contribution in [0.4, 0.5) is 0 Å². The standard InChI is InChI=1S/C28H40O4/c1-3-5-7-9-11-13-23-30-25-16-14-24(15-17-25)28(29)32-27-20-18-26(19-21-27)31-22-12-10-8-6-4-2/h14-21H,3-13,22-23H2,1-2H3. The highest BCUT2D eigenvalue weighted by molar-refractivity contribution is 5.91. The van der Waals surface area contributed by atoms with Crippen LogP contribution < -0.4 is 14.2 Å². The van der Waals surface area contributed by atoms with Crippen molar-refractivity contribution in [2.75, 3.05) is 13.2 Å². The molecule has 4 nitrogen and oxygen atoms in total. The van der Waals surface area contributed by atoms with E-state index >= 15 is 0 Å². The zero-order valence-electron chi connectivity index (χ0n) is 19.9. The van der Waals surface area contributed by atoms with E-state index in [-0.39, 0.29) is 5.97 Å². The first-order valence-corrected chi connectivity index (χ1v) is 12.4. The maximum Gasteiger partial charge on any atom is 0.343 e. The quantitative estimate of drug-likeness (QED) is 0.142. The molecule has 0 N–H and O–H groups in total. The number of hydrogen-bond donors (Lipinski definition) is 0. The Labute approximate surface area is 194 Å². The van der Waals surface area contributed by atoms with E-state index in [0.717, 1.165) is 30.9 Å². The zero-order chi connectivity index (χ0) is 22.9. The molecule has 0 fully saturated rings. The molecule has 176 valence electrons. The van der Waals surface area contributed by atoms with E-state index in [1.807, 2.05) is 24.3 Å². The van der Waals surface area contributed by atoms with Crippen molar-refractivity contribution in [3.05, 3.63) is 54.1 Å². The fourth-order valence-corrected chi connectivity index (χ4v) is 3.43. The van der Waals surface area contributed by atoms with Gasteiger partial charge in [0.05, 0.1) is 18.8 Å². The maximum absolute atomic E-state index is 12.4. The van der Waals surface area contributed by atoms with Gasteiger partial charge in [-0.05, 0) is 61.4 Å². The van der Waals surface area contributed by atoms with Crippen molar-refractivity contribution in [2.24, 2.45) is 0 Å². The van der Waals surface area contributed by atoms with Crippen LogP contribution in [0.15, 0.2) is 48.5 Å². The van der Waals surface area contributed by atoms with Crippen molar-refractivity contribution in [1.29, 1.82) is 0 Å². The summed E-state index contributed by atoms with van der Waals surface area (Å²) in [4.78, 5) is 12.4. The highest BCUT2D eigenvalue weighted by Gasteiger charge is 2.09. The van der Waals surface area contributed by atoms with Gasteiger partial charge in [0.25, 0.3) is 0 Å². The van der Waals surface area contributed by atoms with E-state index in [2.05, 4.69) is 13.8 Å². The molecule has 4 heteroatoms. The normalized spacial score (nSPS) is 10.7. The van der Waals surface area contributed by atoms with Crippen molar-refractivity contribution in [1.82, 2.24) is 0 Å². The summed E-state index contributed by atoms with van der Waals surface area (Å²) in [7, 11) is 0. The van der Waals surface area contributed by atoms with Crippen LogP contribution in [0.5, 0.6) is 17.2 Å². The summed E-state index contributed by atoms with van der Waals surface area (Å²) in [5.74, 6) is 1.71. The first kappa shape index (κ1) is 25.8. The first-order chi connectivity index (χ1) is 15.7. The molecule has 0 amide bonds. The van der Waals surface area contributed by atoms with Gasteiger partial charge in [0, 0.05) is 0 Å². The monoisotopic (exact) mass is 440 g/mol. The molecule has 0 aromatic heterocycles. The van der Waals surface area contributed by atoms with Gasteiger partial charge in [-0.15, -0.1) is 0 Å². The van der Waals surface area contributed by atoms with Crippen molar-refractivity contribution >= 4 is 5.97 Å². The Bertz CT molecular complexity index is 737. The molecule has 2 aromatic carbocycles. The van der Waals surface area contributed by atoms with Gasteiger partial charge in [-0.2, -0.15) is 0 Å². The van der Waals surface area contributed by atoms with Crippen LogP contribution in [0.25, 0.3) is 0 Å². The molecule has 0 saturated heterocycles. The van der Waals surface area contributed by atoms with E-state index in [1.54, 1.807) is 24.3 Å². The van der Waals surface area contributed by atoms with Gasteiger partial charge in [0.15, 0.2) is 0 Å². The molecular weight excluding hydrogens is 400 g/mol. The summed E-state index contributed by atoms with van der Waals surface area (Å²) in [6, 6.07) is 14.4. The highest BCUT2D eigenvalue weighted by atomic mass is 16.5. The average Bonchev–Trinajstić information content (AvgIpc) is 2.82. The minimum atomic E-state index is -0.378. The van der Waals surface area contributed by atoms with Crippen LogP contribution in [-0.4, -0.2) is 19.2 Å². The van der Waals surface area contributed by atoms with Crippen molar-refractivity contribution in [3.8, 4) is 17.2 Å². The molecule has 2 rings (SSSR count). The van der Waals surface area contributed by atoms with E-state index < -0.39 is 0 Å². The molecule has 2 aromatic rings. The first-order valence-electron chi connectivity index (χ1n) is 12.4. The number of ether oxygens (including phenoxy) is 3. The molecule has 0 atom stereocenters. The van der Waals surface area contributed by atoms with E-state index in [9.17, 15) is 4.79 Å². The highest BCUT2D eigenvalue weighted by Crippen LogP contribution is 2.20. The number of benzene rings is 2. The fourth-order valence-electron chi connectivity index (χ4n) is 3.43. The molecule has 0 unspecified atom stereocenters. The predicted molar refractivity (Wildman–Crippen MR) is 131 cm³/mol. The van der Waals surface area contributed by atoms with E-state index in [0.29, 0.717) is 17.9 Å². The Balaban J connectivity index is 1.67. The number of carbonyl (C=O) groups excluding carboxylic acids is 1. The molecular formula is C28H40O4. The molecule has 0 spiro atoms. The minimum absolute atomic E-state index is 0.378. The summed E-state index contributed by atoms with van der Waals surface area (Å²) < 4.78 is 17.0. The third-order valence-corrected chi connectivity index (χ3v) is 5.41. The van der Waals surface area contributed by atoms with Crippen molar-refractivity contribution < 1.29 is 19.0 Å². The lowest BCUT2D eigenvalue weighted by molar-refractivity contribution is 0.0734. The molecule has 0 aliphatic heterocycles. The smallest absolute Gasteiger partial charge is 0.343 e. The van der Waals surface area contributed by atoms with Crippen LogP contribution in [0.2, 0.25) is 0 Å². The topological polar surface area (TPSA) is 44.8 Å². The van der Waals surface area contributed by atoms with Gasteiger partial charge in [-0.3, -0.25) is 0 Å². The van der Waals surface area contributed by atoms with Crippen molar-refractivity contribution in [2.45, 2.75) is 84.5 Å². The Hall–Kier alpha value is -2.49. The second-order valence-electron chi connectivity index (χ2n) is 8.26. The lowest BCUT2D eigenvalue weighted by atomic mass is 10.1. The summed E-state index contributed by atoms with van der Waals surface area (Å²) >= 11 is 0. The summed E-state index contributed by atoms with van der Waals surface area (Å²) in [6.07, 6.45) is 13.5. The third-order valence-electron chi connectivity index (χ3n) is 5.41. The molecule has 0 saturated carbocycles. The van der Waals surface area contributed by atoms with Gasteiger partial charge in [0.2, 0.25) is 0 Å². The summed E-state index contributed by atoms with van der Waals surface area (Å²) in [6.45, 7) is 5.87. The summed E-state index contributed by atoms with van der Waals surface area (Å²) in [5, 5.41) is 0. The van der Waals surface area contributed by atoms with E-state index in [1.165, 1.54) is 57.8 Å². The molecule has 0 aliphatic carbocycles. The van der Waals surface area contributed by atoms with Crippen LogP contribution >= 0.6 is 0 Å². The van der Waals surface area contributed by atoms with Gasteiger partial charge >= 0.3 is 5.97 Å². The largest absolute Gasteiger partial charge is 0.494 e. The number of rotatable bonds is 17. The molecule has 0 bridgehead atoms. The Morgan fingerprint density at radius 2 is 0.969 bits per heavy atom. The van der Waals surface area contributed by atoms with Gasteiger partial charge in [-0.25, -0.2) is 4.79 Å². The molecule has 0 heterocycles. The second-order valence-corrected chi connectivity index (χ2v) is 8.26. The lowest BCUT2D eigenvalue weighted by Crippen LogP contribution is -2.08. The number of esters is 1. The van der Waals surface area contributed by atoms with Gasteiger partial charge in [-0.1, -0.05) is 71.6 Å². The zero-order valence-corrected chi connectivity index (χ0v) is 19.9. The second kappa shape index (κ2) is 16.2. The molecule has 0 radical (unpaired) electrons. The maximum atomic E-state index is 12.4. The number of hydrogen-bond acceptors (Lipinski definition) is 4. The Morgan fingerprint density at radius 1 is 0.562 bits per heavy atom. The van der Waals surface area contributed by atoms with Crippen LogP contribution in [0, 0.1) is 0 Å². The molecule has 32 heavy (non-hydrogen) atoms. The van der Waals surface area contributed by atoms with Gasteiger partial charge < -0.3 is 14.2 Å². The lowest BCUT2D eigenvalue weighted by Gasteiger charge is -2.09. The third kappa shape index (κ3) is 10.7. The average molecular weight is 441 g/mol. The van der Waals surface area contributed by atoms with Crippen LogP contribution in [-0.2, 0) is 0 Å². The number of unbranched alkanes of at least 4 members (excludes halogenated alkanes) is 9. The Kier molecular flexibility index (Phi) is 13.0. The minimum Gasteiger partial charge on any atom is -0.494 e. The summed E-state index contributed by atoms with van der Waals surface area (Å²) in [5.41, 5.74) is 0.504. The SMILES string of the molecule is CCCCCCCCOc1ccc(C(=O)Oc2ccc(OCCCCCCC)cc2)cc1. The number of carbonyl (C=O) groups is 1. The Morgan fingerprint density at radius 3 is 1.47 bits per heavy atom. The van der Waals surface area contributed by atoms with Crippen LogP contribution in [0.1, 0.15) is 94.8 Å². The fraction of sp³-hybridized carbons (Fsp3) is 0.536.